The number of nitrogens with zero attached hydrogens (tertiary/aromatic N) is 1. The van der Waals surface area contributed by atoms with Crippen molar-refractivity contribution in [1.82, 2.24) is 14.3 Å². The van der Waals surface area contributed by atoms with E-state index in [1.54, 1.807) is 13.8 Å². The van der Waals surface area contributed by atoms with Crippen LogP contribution in [0.4, 0.5) is 4.79 Å². The second kappa shape index (κ2) is 5.44. The van der Waals surface area contributed by atoms with Gasteiger partial charge in [0, 0.05) is 19.1 Å². The fraction of sp³-hybridized carbons (Fsp3) is 0.909. The Morgan fingerprint density at radius 3 is 2.17 bits per heavy atom. The lowest BCUT2D eigenvalue weighted by Crippen LogP contribution is -2.51. The van der Waals surface area contributed by atoms with Gasteiger partial charge in [-0.2, -0.15) is 12.7 Å². The highest BCUT2D eigenvalue weighted by Crippen LogP contribution is 2.30. The van der Waals surface area contributed by atoms with Crippen molar-refractivity contribution in [3.05, 3.63) is 0 Å². The van der Waals surface area contributed by atoms with Crippen molar-refractivity contribution >= 4 is 16.2 Å². The average molecular weight is 277 g/mol. The molecular weight excluding hydrogens is 254 g/mol. The van der Waals surface area contributed by atoms with Crippen molar-refractivity contribution in [1.29, 1.82) is 0 Å². The second-order valence-electron chi connectivity index (χ2n) is 5.80. The molecule has 0 spiro atoms. The molecule has 0 atom stereocenters. The summed E-state index contributed by atoms with van der Waals surface area (Å²) in [6, 6.07) is -0.768. The Balaban J connectivity index is 2.57. The topological polar surface area (TPSA) is 78.5 Å². The van der Waals surface area contributed by atoms with Crippen LogP contribution in [-0.2, 0) is 10.2 Å². The minimum absolute atomic E-state index is 0.0968. The Morgan fingerprint density at radius 2 is 1.72 bits per heavy atom. The van der Waals surface area contributed by atoms with E-state index >= 15 is 0 Å². The first kappa shape index (κ1) is 15.2. The van der Waals surface area contributed by atoms with Crippen molar-refractivity contribution in [3.63, 3.8) is 0 Å². The summed E-state index contributed by atoms with van der Waals surface area (Å²) in [5.74, 6) is 0. The molecule has 0 aliphatic carbocycles. The molecule has 1 heterocycles. The maximum Gasteiger partial charge on any atom is 0.329 e. The monoisotopic (exact) mass is 277 g/mol. The van der Waals surface area contributed by atoms with Crippen LogP contribution in [0.1, 0.15) is 40.5 Å². The number of nitrogens with one attached hydrogen (secondary N) is 2. The first-order valence-corrected chi connectivity index (χ1v) is 7.65. The summed E-state index contributed by atoms with van der Waals surface area (Å²) in [6.45, 7) is 8.70. The number of piperidine rings is 1. The van der Waals surface area contributed by atoms with Crippen LogP contribution in [0, 0.1) is 5.41 Å². The third-order valence-corrected chi connectivity index (χ3v) is 4.55. The SMILES string of the molecule is CC(C)NC(=O)NS(=O)(=O)N1CCC(C)(C)CC1. The Kier molecular flexibility index (Phi) is 4.61. The molecule has 2 amide bonds. The summed E-state index contributed by atoms with van der Waals surface area (Å²) < 4.78 is 27.2. The van der Waals surface area contributed by atoms with Gasteiger partial charge < -0.3 is 5.32 Å². The van der Waals surface area contributed by atoms with E-state index in [2.05, 4.69) is 19.2 Å². The lowest BCUT2D eigenvalue weighted by atomic mass is 9.83. The molecule has 0 bridgehead atoms. The van der Waals surface area contributed by atoms with E-state index in [0.717, 1.165) is 12.8 Å². The van der Waals surface area contributed by atoms with E-state index in [1.807, 2.05) is 4.72 Å². The fourth-order valence-corrected chi connectivity index (χ4v) is 2.89. The molecule has 0 aromatic heterocycles. The average Bonchev–Trinajstić information content (AvgIpc) is 2.13. The van der Waals surface area contributed by atoms with Gasteiger partial charge in [0.05, 0.1) is 0 Å². The maximum absolute atomic E-state index is 11.9. The van der Waals surface area contributed by atoms with Gasteiger partial charge in [-0.1, -0.05) is 13.8 Å². The van der Waals surface area contributed by atoms with Gasteiger partial charge in [0.2, 0.25) is 0 Å². The Labute approximate surface area is 109 Å². The quantitative estimate of drug-likeness (QED) is 0.809. The van der Waals surface area contributed by atoms with Gasteiger partial charge in [0.15, 0.2) is 0 Å². The summed E-state index contributed by atoms with van der Waals surface area (Å²) in [4.78, 5) is 11.4. The number of hydrogen-bond donors (Lipinski definition) is 2. The highest BCUT2D eigenvalue weighted by molar-refractivity contribution is 7.87. The molecule has 18 heavy (non-hydrogen) atoms. The summed E-state index contributed by atoms with van der Waals surface area (Å²) in [6.07, 6.45) is 1.61. The fourth-order valence-electron chi connectivity index (χ4n) is 1.81. The summed E-state index contributed by atoms with van der Waals surface area (Å²) in [5, 5.41) is 2.50. The Hall–Kier alpha value is -0.820. The largest absolute Gasteiger partial charge is 0.335 e. The van der Waals surface area contributed by atoms with Crippen molar-refractivity contribution in [2.24, 2.45) is 5.41 Å². The van der Waals surface area contributed by atoms with Gasteiger partial charge in [-0.05, 0) is 32.1 Å². The van der Waals surface area contributed by atoms with Gasteiger partial charge in [0.1, 0.15) is 0 Å². The summed E-state index contributed by atoms with van der Waals surface area (Å²) >= 11 is 0. The molecule has 6 nitrogen and oxygen atoms in total. The molecule has 1 fully saturated rings. The van der Waals surface area contributed by atoms with Crippen LogP contribution in [0.5, 0.6) is 0 Å². The zero-order valence-corrected chi connectivity index (χ0v) is 12.3. The van der Waals surface area contributed by atoms with E-state index in [0.29, 0.717) is 13.1 Å². The normalized spacial score (nSPS) is 20.7. The van der Waals surface area contributed by atoms with Gasteiger partial charge in [-0.3, -0.25) is 0 Å². The van der Waals surface area contributed by atoms with Crippen LogP contribution in [0.15, 0.2) is 0 Å². The molecule has 1 saturated heterocycles. The Morgan fingerprint density at radius 1 is 1.22 bits per heavy atom. The van der Waals surface area contributed by atoms with E-state index in [-0.39, 0.29) is 11.5 Å². The van der Waals surface area contributed by atoms with E-state index < -0.39 is 16.2 Å². The summed E-state index contributed by atoms with van der Waals surface area (Å²) in [5.41, 5.74) is 0.173. The maximum atomic E-state index is 11.9. The van der Waals surface area contributed by atoms with Crippen LogP contribution in [0.3, 0.4) is 0 Å². The molecule has 0 aromatic carbocycles. The zero-order chi connectivity index (χ0) is 14.0. The minimum atomic E-state index is -3.71. The van der Waals surface area contributed by atoms with Crippen molar-refractivity contribution in [2.75, 3.05) is 13.1 Å². The molecule has 0 saturated carbocycles. The molecule has 1 aliphatic heterocycles. The third-order valence-electron chi connectivity index (χ3n) is 3.06. The second-order valence-corrected chi connectivity index (χ2v) is 7.47. The van der Waals surface area contributed by atoms with Gasteiger partial charge >= 0.3 is 16.2 Å². The predicted molar refractivity (Wildman–Crippen MR) is 70.3 cm³/mol. The number of rotatable bonds is 3. The first-order chi connectivity index (χ1) is 8.12. The van der Waals surface area contributed by atoms with Crippen molar-refractivity contribution < 1.29 is 13.2 Å². The number of amides is 2. The molecule has 106 valence electrons. The molecule has 7 heteroatoms. The van der Waals surface area contributed by atoms with Crippen LogP contribution in [-0.4, -0.2) is 37.9 Å². The standard InChI is InChI=1S/C11H23N3O3S/c1-9(2)12-10(15)13-18(16,17)14-7-5-11(3,4)6-8-14/h9H,5-8H2,1-4H3,(H2,12,13,15). The van der Waals surface area contributed by atoms with Crippen LogP contribution in [0.25, 0.3) is 0 Å². The molecule has 0 aromatic rings. The van der Waals surface area contributed by atoms with Gasteiger partial charge in [-0.15, -0.1) is 0 Å². The summed E-state index contributed by atoms with van der Waals surface area (Å²) in [7, 11) is -3.71. The number of carbonyl (C=O) groups is 1. The van der Waals surface area contributed by atoms with Gasteiger partial charge in [0.25, 0.3) is 0 Å². The molecular formula is C11H23N3O3S. The minimum Gasteiger partial charge on any atom is -0.335 e. The van der Waals surface area contributed by atoms with E-state index in [9.17, 15) is 13.2 Å². The smallest absolute Gasteiger partial charge is 0.329 e. The van der Waals surface area contributed by atoms with Crippen LogP contribution >= 0.6 is 0 Å². The third kappa shape index (κ3) is 4.45. The number of urea groups is 1. The highest BCUT2D eigenvalue weighted by atomic mass is 32.2. The molecule has 2 N–H and O–H groups in total. The molecule has 0 radical (unpaired) electrons. The lowest BCUT2D eigenvalue weighted by Gasteiger charge is -2.35. The highest BCUT2D eigenvalue weighted by Gasteiger charge is 2.32. The predicted octanol–water partition coefficient (Wildman–Crippen LogP) is 1.06. The van der Waals surface area contributed by atoms with Crippen LogP contribution < -0.4 is 10.0 Å². The number of carbonyl (C=O) groups excluding carboxylic acids is 1. The van der Waals surface area contributed by atoms with Crippen LogP contribution in [0.2, 0.25) is 0 Å². The first-order valence-electron chi connectivity index (χ1n) is 6.21. The lowest BCUT2D eigenvalue weighted by molar-refractivity contribution is 0.194. The zero-order valence-electron chi connectivity index (χ0n) is 11.5. The Bertz CT molecular complexity index is 394. The van der Waals surface area contributed by atoms with Gasteiger partial charge in [-0.25, -0.2) is 9.52 Å². The van der Waals surface area contributed by atoms with Crippen molar-refractivity contribution in [3.8, 4) is 0 Å². The molecule has 1 aliphatic rings. The number of hydrogen-bond acceptors (Lipinski definition) is 3. The van der Waals surface area contributed by atoms with E-state index in [1.165, 1.54) is 4.31 Å². The molecule has 1 rings (SSSR count). The van der Waals surface area contributed by atoms with Crippen molar-refractivity contribution in [2.45, 2.75) is 46.6 Å². The van der Waals surface area contributed by atoms with E-state index in [4.69, 9.17) is 0 Å². The molecule has 0 unspecified atom stereocenters.